The highest BCUT2D eigenvalue weighted by molar-refractivity contribution is 7.79. The van der Waals surface area contributed by atoms with Gasteiger partial charge in [0.25, 0.3) is 5.91 Å². The molecule has 2 amide bonds. The fraction of sp³-hybridized carbons (Fsp3) is 0.250. The summed E-state index contributed by atoms with van der Waals surface area (Å²) in [6.45, 7) is 0. The predicted molar refractivity (Wildman–Crippen MR) is 39.4 cm³/mol. The molecule has 0 aromatic rings. The number of carbonyl (C=O) groups is 2. The minimum atomic E-state index is -0.590. The number of carbonyl (C=O) groups excluding carboxylic acids is 2. The molecule has 1 N–H and O–H groups in total. The van der Waals surface area contributed by atoms with E-state index in [4.69, 9.17) is 0 Å². The van der Waals surface area contributed by atoms with E-state index in [-0.39, 0.29) is 6.41 Å². The molecule has 0 radical (unpaired) electrons. The van der Waals surface area contributed by atoms with E-state index < -0.39 is 5.91 Å². The van der Waals surface area contributed by atoms with E-state index in [1.165, 1.54) is 7.05 Å². The van der Waals surface area contributed by atoms with Crippen molar-refractivity contribution in [3.63, 3.8) is 0 Å². The summed E-state index contributed by atoms with van der Waals surface area (Å²) >= 11 is 3.49. The number of nitrogens with one attached hydrogen (secondary N) is 1. The SMILES string of the molecule is CN/N=C\C(=O)N(S)C=O. The number of hydrogen-bond donors (Lipinski definition) is 2. The van der Waals surface area contributed by atoms with Crippen molar-refractivity contribution in [3.05, 3.63) is 0 Å². The minimum absolute atomic E-state index is 0.285. The minimum Gasteiger partial charge on any atom is -0.313 e. The van der Waals surface area contributed by atoms with Gasteiger partial charge in [0, 0.05) is 7.05 Å². The molecule has 0 saturated carbocycles. The fourth-order valence-corrected chi connectivity index (χ4v) is 0.283. The lowest BCUT2D eigenvalue weighted by Gasteiger charge is -1.99. The molecule has 0 rings (SSSR count). The molecule has 0 spiro atoms. The van der Waals surface area contributed by atoms with Crippen LogP contribution in [0.4, 0.5) is 0 Å². The van der Waals surface area contributed by atoms with Crippen LogP contribution in [-0.2, 0) is 9.59 Å². The summed E-state index contributed by atoms with van der Waals surface area (Å²) in [6.07, 6.45) is 1.23. The Hall–Kier alpha value is -1.04. The Morgan fingerprint density at radius 1 is 1.80 bits per heavy atom. The summed E-state index contributed by atoms with van der Waals surface area (Å²) < 4.78 is 0.584. The van der Waals surface area contributed by atoms with Crippen molar-refractivity contribution in [1.29, 1.82) is 0 Å². The van der Waals surface area contributed by atoms with Crippen molar-refractivity contribution < 1.29 is 9.59 Å². The van der Waals surface area contributed by atoms with E-state index >= 15 is 0 Å². The van der Waals surface area contributed by atoms with Gasteiger partial charge < -0.3 is 5.43 Å². The summed E-state index contributed by atoms with van der Waals surface area (Å²) in [5, 5.41) is 3.37. The zero-order valence-corrected chi connectivity index (χ0v) is 6.21. The number of thiol groups is 1. The number of nitrogens with zero attached hydrogens (tertiary/aromatic N) is 2. The van der Waals surface area contributed by atoms with Gasteiger partial charge in [-0.15, -0.1) is 0 Å². The van der Waals surface area contributed by atoms with Gasteiger partial charge in [-0.25, -0.2) is 4.31 Å². The molecule has 0 aliphatic carbocycles. The zero-order chi connectivity index (χ0) is 7.98. The number of hydrazone groups is 1. The third kappa shape index (κ3) is 3.08. The van der Waals surface area contributed by atoms with Crippen LogP contribution in [-0.4, -0.2) is 29.9 Å². The van der Waals surface area contributed by atoms with Crippen LogP contribution >= 0.6 is 12.8 Å². The molecule has 56 valence electrons. The molecule has 0 aliphatic heterocycles. The summed E-state index contributed by atoms with van der Waals surface area (Å²) in [5.74, 6) is -0.590. The fourth-order valence-electron chi connectivity index (χ4n) is 0.231. The van der Waals surface area contributed by atoms with Crippen LogP contribution in [0.5, 0.6) is 0 Å². The van der Waals surface area contributed by atoms with Crippen LogP contribution in [0.15, 0.2) is 5.10 Å². The maximum atomic E-state index is 10.6. The molecule has 5 nitrogen and oxygen atoms in total. The van der Waals surface area contributed by atoms with Gasteiger partial charge in [-0.05, 0) is 0 Å². The van der Waals surface area contributed by atoms with Crippen molar-refractivity contribution in [1.82, 2.24) is 9.73 Å². The van der Waals surface area contributed by atoms with Crippen LogP contribution < -0.4 is 5.43 Å². The highest BCUT2D eigenvalue weighted by Crippen LogP contribution is 1.84. The number of amides is 2. The molecule has 0 atom stereocenters. The van der Waals surface area contributed by atoms with Gasteiger partial charge in [-0.2, -0.15) is 5.10 Å². The van der Waals surface area contributed by atoms with Crippen molar-refractivity contribution in [2.75, 3.05) is 7.05 Å². The van der Waals surface area contributed by atoms with Crippen LogP contribution in [0.25, 0.3) is 0 Å². The van der Waals surface area contributed by atoms with Crippen molar-refractivity contribution >= 4 is 31.3 Å². The van der Waals surface area contributed by atoms with Gasteiger partial charge in [0.05, 0.1) is 0 Å². The second-order valence-electron chi connectivity index (χ2n) is 1.27. The Morgan fingerprint density at radius 2 is 2.40 bits per heavy atom. The van der Waals surface area contributed by atoms with Crippen molar-refractivity contribution in [3.8, 4) is 0 Å². The average molecular weight is 161 g/mol. The highest BCUT2D eigenvalue weighted by Gasteiger charge is 2.02. The Balaban J connectivity index is 3.84. The van der Waals surface area contributed by atoms with E-state index in [1.54, 1.807) is 0 Å². The molecule has 0 aromatic heterocycles. The third-order valence-corrected chi connectivity index (χ3v) is 0.921. The van der Waals surface area contributed by atoms with E-state index in [0.29, 0.717) is 4.31 Å². The standard InChI is InChI=1S/C4H7N3O2S/c1-5-6-2-4(9)7(10)3-8/h2-3,5,10H,1H3/b6-2-. The summed E-state index contributed by atoms with van der Waals surface area (Å²) in [7, 11) is 1.54. The molecule has 0 aliphatic rings. The van der Waals surface area contributed by atoms with Gasteiger partial charge in [0.2, 0.25) is 6.41 Å². The largest absolute Gasteiger partial charge is 0.313 e. The Bertz CT molecular complexity index is 159. The monoisotopic (exact) mass is 161 g/mol. The lowest BCUT2D eigenvalue weighted by molar-refractivity contribution is -0.126. The Kier molecular flexibility index (Phi) is 4.30. The quantitative estimate of drug-likeness (QED) is 0.242. The highest BCUT2D eigenvalue weighted by atomic mass is 32.1. The second-order valence-corrected chi connectivity index (χ2v) is 1.70. The summed E-state index contributed by atoms with van der Waals surface area (Å²) in [5.41, 5.74) is 2.35. The van der Waals surface area contributed by atoms with E-state index in [1.807, 2.05) is 0 Å². The molecule has 0 heterocycles. The van der Waals surface area contributed by atoms with E-state index in [2.05, 4.69) is 23.3 Å². The first kappa shape index (κ1) is 8.96. The molecule has 0 fully saturated rings. The normalized spacial score (nSPS) is 9.40. The lowest BCUT2D eigenvalue weighted by Crippen LogP contribution is -2.21. The zero-order valence-electron chi connectivity index (χ0n) is 5.31. The van der Waals surface area contributed by atoms with E-state index in [9.17, 15) is 9.59 Å². The summed E-state index contributed by atoms with van der Waals surface area (Å²) in [4.78, 5) is 20.4. The van der Waals surface area contributed by atoms with Gasteiger partial charge >= 0.3 is 0 Å². The first-order chi connectivity index (χ1) is 4.72. The average Bonchev–Trinajstić information content (AvgIpc) is 1.98. The molecule has 0 saturated heterocycles. The first-order valence-electron chi connectivity index (χ1n) is 2.39. The molecule has 10 heavy (non-hydrogen) atoms. The number of imide groups is 1. The second kappa shape index (κ2) is 4.80. The topological polar surface area (TPSA) is 61.8 Å². The predicted octanol–water partition coefficient (Wildman–Crippen LogP) is -0.979. The number of rotatable bonds is 3. The molecular weight excluding hydrogens is 154 g/mol. The molecular formula is C4H7N3O2S. The lowest BCUT2D eigenvalue weighted by atomic mass is 10.7. The summed E-state index contributed by atoms with van der Waals surface area (Å²) in [6, 6.07) is 0. The third-order valence-electron chi connectivity index (χ3n) is 0.630. The van der Waals surface area contributed by atoms with E-state index in [0.717, 1.165) is 6.21 Å². The van der Waals surface area contributed by atoms with Crippen molar-refractivity contribution in [2.24, 2.45) is 5.10 Å². The Morgan fingerprint density at radius 3 is 2.80 bits per heavy atom. The molecule has 0 aromatic carbocycles. The molecule has 0 unspecified atom stereocenters. The molecule has 6 heteroatoms. The smallest absolute Gasteiger partial charge is 0.283 e. The first-order valence-corrected chi connectivity index (χ1v) is 2.79. The molecule has 0 bridgehead atoms. The number of hydrogen-bond acceptors (Lipinski definition) is 5. The van der Waals surface area contributed by atoms with Gasteiger partial charge in [-0.1, -0.05) is 12.8 Å². The van der Waals surface area contributed by atoms with Crippen LogP contribution in [0.1, 0.15) is 0 Å². The van der Waals surface area contributed by atoms with Gasteiger partial charge in [0.1, 0.15) is 6.21 Å². The maximum absolute atomic E-state index is 10.6. The van der Waals surface area contributed by atoms with Gasteiger partial charge in [0.15, 0.2) is 0 Å². The van der Waals surface area contributed by atoms with Gasteiger partial charge in [-0.3, -0.25) is 9.59 Å². The maximum Gasteiger partial charge on any atom is 0.283 e. The van der Waals surface area contributed by atoms with Crippen molar-refractivity contribution in [2.45, 2.75) is 0 Å². The van der Waals surface area contributed by atoms with Crippen LogP contribution in [0, 0.1) is 0 Å². The van der Waals surface area contributed by atoms with Crippen LogP contribution in [0.3, 0.4) is 0 Å². The Labute approximate surface area is 63.6 Å². The van der Waals surface area contributed by atoms with Crippen LogP contribution in [0.2, 0.25) is 0 Å².